The van der Waals surface area contributed by atoms with E-state index in [0.29, 0.717) is 5.17 Å². The van der Waals surface area contributed by atoms with E-state index >= 15 is 0 Å². The van der Waals surface area contributed by atoms with E-state index < -0.39 is 9.84 Å². The average molecular weight is 288 g/mol. The second-order valence-electron chi connectivity index (χ2n) is 3.05. The van der Waals surface area contributed by atoms with Crippen molar-refractivity contribution in [3.05, 3.63) is 0 Å². The molecule has 5 nitrogen and oxygen atoms in total. The standard InChI is InChI=1S/C5H9N3O2S2.BrH/c6-5-8(7)3-1-12(9,10)2-4(3)11-5;/h3-4,6H,1-2,7H2;1H/t3-,4+;/m1./s1. The Kier molecular flexibility index (Phi) is 2.84. The molecular weight excluding hydrogens is 278 g/mol. The minimum Gasteiger partial charge on any atom is -1.00 e. The van der Waals surface area contributed by atoms with E-state index in [-0.39, 0.29) is 39.8 Å². The number of hydrazine groups is 1. The van der Waals surface area contributed by atoms with Crippen LogP contribution < -0.4 is 28.6 Å². The molecule has 76 valence electrons. The number of amidine groups is 1. The average Bonchev–Trinajstić information content (AvgIpc) is 2.33. The van der Waals surface area contributed by atoms with E-state index in [9.17, 15) is 8.42 Å². The molecule has 0 unspecified atom stereocenters. The van der Waals surface area contributed by atoms with Gasteiger partial charge in [0.2, 0.25) is 0 Å². The molecule has 8 heteroatoms. The van der Waals surface area contributed by atoms with Crippen molar-refractivity contribution in [1.82, 2.24) is 0 Å². The summed E-state index contributed by atoms with van der Waals surface area (Å²) in [5, 5.41) is 0.569. The molecule has 0 aromatic carbocycles. The molecule has 2 atom stereocenters. The highest BCUT2D eigenvalue weighted by Crippen LogP contribution is 2.30. The van der Waals surface area contributed by atoms with Crippen LogP contribution in [0.3, 0.4) is 0 Å². The quantitative estimate of drug-likeness (QED) is 0.344. The van der Waals surface area contributed by atoms with Gasteiger partial charge in [0, 0.05) is 0 Å². The maximum Gasteiger partial charge on any atom is 0.327 e. The molecule has 2 heterocycles. The number of hydrogen-bond acceptors (Lipinski definition) is 5. The van der Waals surface area contributed by atoms with Crippen LogP contribution in [0.5, 0.6) is 0 Å². The molecule has 0 radical (unpaired) electrons. The molecule has 4 N–H and O–H groups in total. The second kappa shape index (κ2) is 3.32. The Hall–Kier alpha value is 0.0500. The highest BCUT2D eigenvalue weighted by atomic mass is 79.9. The Labute approximate surface area is 91.2 Å². The van der Waals surface area contributed by atoms with Gasteiger partial charge in [-0.25, -0.2) is 8.42 Å². The fourth-order valence-corrected chi connectivity index (χ4v) is 5.29. The highest BCUT2D eigenvalue weighted by Gasteiger charge is 2.48. The van der Waals surface area contributed by atoms with Crippen LogP contribution in [0, 0.1) is 0 Å². The zero-order valence-electron chi connectivity index (χ0n) is 6.68. The Morgan fingerprint density at radius 3 is 2.62 bits per heavy atom. The number of hydrogen-bond donors (Lipinski definition) is 2. The first kappa shape index (κ1) is 11.1. The van der Waals surface area contributed by atoms with Crippen molar-refractivity contribution in [1.29, 1.82) is 0 Å². The lowest BCUT2D eigenvalue weighted by atomic mass is 10.3. The van der Waals surface area contributed by atoms with Gasteiger partial charge in [-0.05, 0) is 11.8 Å². The first-order valence-electron chi connectivity index (χ1n) is 3.53. The van der Waals surface area contributed by atoms with Gasteiger partial charge >= 0.3 is 5.17 Å². The second-order valence-corrected chi connectivity index (χ2v) is 6.46. The molecule has 2 rings (SSSR count). The number of hydrazone groups is 1. The molecule has 0 spiro atoms. The summed E-state index contributed by atoms with van der Waals surface area (Å²) >= 11 is 1.36. The minimum absolute atomic E-state index is 0. The third-order valence-electron chi connectivity index (χ3n) is 2.16. The summed E-state index contributed by atoms with van der Waals surface area (Å²) < 4.78 is 23.7. The van der Waals surface area contributed by atoms with Crippen molar-refractivity contribution < 1.29 is 30.1 Å². The first-order chi connectivity index (χ1) is 5.49. The third-order valence-corrected chi connectivity index (χ3v) is 5.32. The maximum absolute atomic E-state index is 11.2. The molecule has 0 amide bonds. The van der Waals surface area contributed by atoms with Crippen molar-refractivity contribution in [2.45, 2.75) is 11.3 Å². The van der Waals surface area contributed by atoms with Crippen LogP contribution in [0.15, 0.2) is 0 Å². The zero-order valence-corrected chi connectivity index (χ0v) is 9.90. The van der Waals surface area contributed by atoms with Crippen LogP contribution in [-0.2, 0) is 9.84 Å². The molecule has 0 bridgehead atoms. The van der Waals surface area contributed by atoms with Crippen LogP contribution >= 0.6 is 11.8 Å². The van der Waals surface area contributed by atoms with Crippen molar-refractivity contribution in [3.8, 4) is 0 Å². The van der Waals surface area contributed by atoms with E-state index in [2.05, 4.69) is 0 Å². The summed E-state index contributed by atoms with van der Waals surface area (Å²) in [6, 6.07) is -0.111. The molecule has 0 aromatic heterocycles. The number of fused-ring (bicyclic) bond motifs is 1. The molecule has 0 saturated carbocycles. The van der Waals surface area contributed by atoms with Gasteiger partial charge in [0.15, 0.2) is 9.84 Å². The largest absolute Gasteiger partial charge is 1.00 e. The molecule has 1 saturated heterocycles. The third kappa shape index (κ3) is 1.79. The van der Waals surface area contributed by atoms with Crippen molar-refractivity contribution >= 4 is 26.8 Å². The molecule has 0 aliphatic carbocycles. The van der Waals surface area contributed by atoms with Gasteiger partial charge in [-0.2, -0.15) is 4.68 Å². The predicted octanol–water partition coefficient (Wildman–Crippen LogP) is -4.90. The fraction of sp³-hybridized carbons (Fsp3) is 0.800. The Bertz CT molecular complexity index is 353. The lowest BCUT2D eigenvalue weighted by Crippen LogP contribution is -3.00. The summed E-state index contributed by atoms with van der Waals surface area (Å²) in [4.78, 5) is 0. The highest BCUT2D eigenvalue weighted by molar-refractivity contribution is 8.15. The summed E-state index contributed by atoms with van der Waals surface area (Å²) in [7, 11) is -2.87. The van der Waals surface area contributed by atoms with Crippen LogP contribution in [0.2, 0.25) is 0 Å². The molecule has 2 aliphatic heterocycles. The predicted molar refractivity (Wildman–Crippen MR) is 47.5 cm³/mol. The number of rotatable bonds is 0. The van der Waals surface area contributed by atoms with Crippen molar-refractivity contribution in [2.24, 2.45) is 11.6 Å². The van der Waals surface area contributed by atoms with Gasteiger partial charge in [-0.1, -0.05) is 0 Å². The normalized spacial score (nSPS) is 35.7. The van der Waals surface area contributed by atoms with Gasteiger partial charge in [0.1, 0.15) is 6.04 Å². The van der Waals surface area contributed by atoms with Crippen molar-refractivity contribution in [2.75, 3.05) is 11.5 Å². The van der Waals surface area contributed by atoms with E-state index in [1.54, 1.807) is 0 Å². The molecule has 2 aliphatic rings. The molecule has 13 heavy (non-hydrogen) atoms. The summed E-state index contributed by atoms with van der Waals surface area (Å²) in [6.07, 6.45) is 0. The van der Waals surface area contributed by atoms with E-state index in [0.717, 1.165) is 0 Å². The van der Waals surface area contributed by atoms with Crippen molar-refractivity contribution in [3.63, 3.8) is 0 Å². The first-order valence-corrected chi connectivity index (χ1v) is 6.23. The number of halogens is 1. The van der Waals surface area contributed by atoms with E-state index in [1.807, 2.05) is 0 Å². The van der Waals surface area contributed by atoms with E-state index in [4.69, 9.17) is 11.6 Å². The minimum atomic E-state index is -2.87. The lowest BCUT2D eigenvalue weighted by molar-refractivity contribution is -0.565. The topological polar surface area (TPSA) is 89.2 Å². The summed E-state index contributed by atoms with van der Waals surface area (Å²) in [6.45, 7) is 0. The number of thioether (sulfide) groups is 1. The Balaban J connectivity index is 0.000000845. The summed E-state index contributed by atoms with van der Waals surface area (Å²) in [5.41, 5.74) is 5.54. The number of nitrogens with two attached hydrogens (primary N) is 2. The fourth-order valence-electron chi connectivity index (χ4n) is 1.55. The van der Waals surface area contributed by atoms with Crippen LogP contribution in [0.25, 0.3) is 0 Å². The van der Waals surface area contributed by atoms with Gasteiger partial charge in [0.25, 0.3) is 0 Å². The SMILES string of the molecule is NC1=[N+](N)[C@@H]2CS(=O)(=O)C[C@@H]2S1.[Br-]. The zero-order chi connectivity index (χ0) is 8.93. The van der Waals surface area contributed by atoms with Crippen LogP contribution in [0.1, 0.15) is 0 Å². The molecular formula is C5H10BrN3O2S2. The van der Waals surface area contributed by atoms with E-state index in [1.165, 1.54) is 16.4 Å². The van der Waals surface area contributed by atoms with Gasteiger partial charge in [-0.3, -0.25) is 11.6 Å². The summed E-state index contributed by atoms with van der Waals surface area (Å²) in [5.74, 6) is 5.92. The van der Waals surface area contributed by atoms with Gasteiger partial charge in [-0.15, -0.1) is 0 Å². The smallest absolute Gasteiger partial charge is 0.327 e. The number of nitrogens with zero attached hydrogens (tertiary/aromatic N) is 1. The number of sulfone groups is 1. The Morgan fingerprint density at radius 2 is 2.08 bits per heavy atom. The van der Waals surface area contributed by atoms with Crippen LogP contribution in [0.4, 0.5) is 0 Å². The molecule has 0 aromatic rings. The van der Waals surface area contributed by atoms with Gasteiger partial charge < -0.3 is 17.0 Å². The van der Waals surface area contributed by atoms with Crippen LogP contribution in [-0.4, -0.2) is 41.1 Å². The lowest BCUT2D eigenvalue weighted by Gasteiger charge is -2.02. The maximum atomic E-state index is 11.2. The Morgan fingerprint density at radius 1 is 1.46 bits per heavy atom. The monoisotopic (exact) mass is 287 g/mol. The van der Waals surface area contributed by atoms with Gasteiger partial charge in [0.05, 0.1) is 16.8 Å². The molecule has 1 fully saturated rings.